The monoisotopic (exact) mass is 392 g/mol. The molecule has 8 heteroatoms. The van der Waals surface area contributed by atoms with Crippen LogP contribution >= 0.6 is 0 Å². The number of nitrogens with zero attached hydrogens (tertiary/aromatic N) is 1. The number of hydrogen-bond acceptors (Lipinski definition) is 5. The summed E-state index contributed by atoms with van der Waals surface area (Å²) in [6, 6.07) is 9.54. The van der Waals surface area contributed by atoms with Crippen molar-refractivity contribution in [1.82, 2.24) is 5.32 Å². The highest BCUT2D eigenvalue weighted by Crippen LogP contribution is 2.28. The number of nitrogen functional groups attached to an aromatic ring is 1. The highest BCUT2D eigenvalue weighted by atomic mass is 19.3. The summed E-state index contributed by atoms with van der Waals surface area (Å²) >= 11 is 0. The quantitative estimate of drug-likeness (QED) is 0.658. The molecule has 1 aliphatic heterocycles. The lowest BCUT2D eigenvalue weighted by Crippen LogP contribution is -2.36. The molecule has 0 aromatic heterocycles. The SMILES string of the molecule is N/C=C(/NCc1cccc(C(F)F)c1F)c1cc(N2CCOCC2)ccc1N. The maximum atomic E-state index is 14.3. The first-order valence-electron chi connectivity index (χ1n) is 8.95. The van der Waals surface area contributed by atoms with Crippen LogP contribution in [0.1, 0.15) is 23.1 Å². The van der Waals surface area contributed by atoms with Gasteiger partial charge in [0.25, 0.3) is 6.43 Å². The molecule has 0 amide bonds. The van der Waals surface area contributed by atoms with Gasteiger partial charge in [0.05, 0.1) is 24.5 Å². The maximum Gasteiger partial charge on any atom is 0.266 e. The first-order valence-corrected chi connectivity index (χ1v) is 8.95. The van der Waals surface area contributed by atoms with Gasteiger partial charge in [-0.25, -0.2) is 13.2 Å². The van der Waals surface area contributed by atoms with E-state index in [9.17, 15) is 13.2 Å². The van der Waals surface area contributed by atoms with Crippen molar-refractivity contribution < 1.29 is 17.9 Å². The number of benzene rings is 2. The van der Waals surface area contributed by atoms with E-state index in [1.807, 2.05) is 12.1 Å². The number of morpholine rings is 1. The van der Waals surface area contributed by atoms with E-state index in [1.54, 1.807) is 6.07 Å². The Hall–Kier alpha value is -2.87. The minimum atomic E-state index is -2.87. The number of halogens is 3. The molecule has 1 saturated heterocycles. The van der Waals surface area contributed by atoms with Crippen LogP contribution in [0.4, 0.5) is 24.5 Å². The fourth-order valence-electron chi connectivity index (χ4n) is 3.13. The van der Waals surface area contributed by atoms with Gasteiger partial charge in [0.2, 0.25) is 0 Å². The van der Waals surface area contributed by atoms with E-state index in [1.165, 1.54) is 18.3 Å². The molecule has 0 spiro atoms. The molecule has 28 heavy (non-hydrogen) atoms. The molecule has 0 bridgehead atoms. The molecular formula is C20H23F3N4O. The minimum Gasteiger partial charge on any atom is -0.403 e. The van der Waals surface area contributed by atoms with Crippen molar-refractivity contribution in [3.8, 4) is 0 Å². The van der Waals surface area contributed by atoms with Gasteiger partial charge < -0.3 is 26.4 Å². The smallest absolute Gasteiger partial charge is 0.266 e. The number of nitrogens with two attached hydrogens (primary N) is 2. The van der Waals surface area contributed by atoms with E-state index in [-0.39, 0.29) is 12.1 Å². The average Bonchev–Trinajstić information content (AvgIpc) is 2.71. The normalized spacial score (nSPS) is 15.1. The zero-order chi connectivity index (χ0) is 20.1. The summed E-state index contributed by atoms with van der Waals surface area (Å²) in [7, 11) is 0. The summed E-state index contributed by atoms with van der Waals surface area (Å²) in [5.41, 5.74) is 14.0. The zero-order valence-electron chi connectivity index (χ0n) is 15.3. The molecule has 150 valence electrons. The molecule has 2 aromatic carbocycles. The van der Waals surface area contributed by atoms with Crippen LogP contribution in [0.15, 0.2) is 42.6 Å². The van der Waals surface area contributed by atoms with Gasteiger partial charge in [-0.1, -0.05) is 18.2 Å². The lowest BCUT2D eigenvalue weighted by Gasteiger charge is -2.29. The van der Waals surface area contributed by atoms with Crippen molar-refractivity contribution >= 4 is 17.1 Å². The Kier molecular flexibility index (Phi) is 6.30. The zero-order valence-corrected chi connectivity index (χ0v) is 15.3. The maximum absolute atomic E-state index is 14.3. The second-order valence-corrected chi connectivity index (χ2v) is 6.43. The average molecular weight is 392 g/mol. The van der Waals surface area contributed by atoms with E-state index < -0.39 is 17.8 Å². The molecule has 0 atom stereocenters. The molecule has 3 rings (SSSR count). The van der Waals surface area contributed by atoms with Crippen molar-refractivity contribution in [3.05, 3.63) is 65.1 Å². The Labute approximate surface area is 161 Å². The van der Waals surface area contributed by atoms with Crippen molar-refractivity contribution in [3.63, 3.8) is 0 Å². The summed E-state index contributed by atoms with van der Waals surface area (Å²) in [4.78, 5) is 2.17. The van der Waals surface area contributed by atoms with Gasteiger partial charge >= 0.3 is 0 Å². The molecule has 5 N–H and O–H groups in total. The fourth-order valence-corrected chi connectivity index (χ4v) is 3.13. The Morgan fingerprint density at radius 2 is 1.96 bits per heavy atom. The second-order valence-electron chi connectivity index (χ2n) is 6.43. The molecule has 1 heterocycles. The van der Waals surface area contributed by atoms with Gasteiger partial charge in [0, 0.05) is 48.3 Å². The number of alkyl halides is 2. The molecule has 0 radical (unpaired) electrons. The summed E-state index contributed by atoms with van der Waals surface area (Å²) < 4.78 is 45.4. The van der Waals surface area contributed by atoms with E-state index in [2.05, 4.69) is 10.2 Å². The lowest BCUT2D eigenvalue weighted by molar-refractivity contribution is 0.122. The highest BCUT2D eigenvalue weighted by molar-refractivity contribution is 5.77. The minimum absolute atomic E-state index is 0.00332. The van der Waals surface area contributed by atoms with Gasteiger partial charge in [-0.3, -0.25) is 0 Å². The summed E-state index contributed by atoms with van der Waals surface area (Å²) in [5.74, 6) is -0.920. The summed E-state index contributed by atoms with van der Waals surface area (Å²) in [5, 5.41) is 3.01. The fraction of sp³-hybridized carbons (Fsp3) is 0.300. The molecule has 2 aromatic rings. The van der Waals surface area contributed by atoms with Gasteiger partial charge in [-0.2, -0.15) is 0 Å². The van der Waals surface area contributed by atoms with Gasteiger partial charge in [-0.15, -0.1) is 0 Å². The van der Waals surface area contributed by atoms with Crippen LogP contribution in [0.5, 0.6) is 0 Å². The Balaban J connectivity index is 1.80. The number of hydrogen-bond donors (Lipinski definition) is 3. The van der Waals surface area contributed by atoms with Crippen LogP contribution in [0.25, 0.3) is 5.70 Å². The Bertz CT molecular complexity index is 851. The molecule has 0 aliphatic carbocycles. The van der Waals surface area contributed by atoms with Crippen LogP contribution in [-0.2, 0) is 11.3 Å². The summed E-state index contributed by atoms with van der Waals surface area (Å²) in [6.07, 6.45) is -1.53. The molecular weight excluding hydrogens is 369 g/mol. The largest absolute Gasteiger partial charge is 0.403 e. The third kappa shape index (κ3) is 4.33. The molecule has 5 nitrogen and oxygen atoms in total. The first kappa shape index (κ1) is 19.9. The van der Waals surface area contributed by atoms with Crippen LogP contribution in [0, 0.1) is 5.82 Å². The summed E-state index contributed by atoms with van der Waals surface area (Å²) in [6.45, 7) is 2.83. The van der Waals surface area contributed by atoms with Crippen LogP contribution in [0.3, 0.4) is 0 Å². The topological polar surface area (TPSA) is 76.5 Å². The molecule has 1 aliphatic rings. The van der Waals surface area contributed by atoms with Crippen molar-refractivity contribution in [2.75, 3.05) is 36.9 Å². The number of rotatable bonds is 6. The van der Waals surface area contributed by atoms with Crippen molar-refractivity contribution in [2.45, 2.75) is 13.0 Å². The van der Waals surface area contributed by atoms with E-state index >= 15 is 0 Å². The number of ether oxygens (including phenoxy) is 1. The van der Waals surface area contributed by atoms with E-state index in [4.69, 9.17) is 16.2 Å². The van der Waals surface area contributed by atoms with Crippen LogP contribution in [-0.4, -0.2) is 26.3 Å². The van der Waals surface area contributed by atoms with Crippen molar-refractivity contribution in [1.29, 1.82) is 0 Å². The third-order valence-electron chi connectivity index (χ3n) is 4.68. The van der Waals surface area contributed by atoms with Crippen LogP contribution < -0.4 is 21.7 Å². The first-order chi connectivity index (χ1) is 13.5. The lowest BCUT2D eigenvalue weighted by atomic mass is 10.1. The van der Waals surface area contributed by atoms with E-state index in [0.29, 0.717) is 30.2 Å². The standard InChI is InChI=1S/C20H23F3N4O/c21-19-13(2-1-3-15(19)20(22)23)12-26-18(11-24)16-10-14(4-5-17(16)25)27-6-8-28-9-7-27/h1-5,10-11,20,26H,6-9,12,24-25H2/b18-11+. The molecule has 1 fully saturated rings. The second kappa shape index (κ2) is 8.88. The van der Waals surface area contributed by atoms with Gasteiger partial charge in [0.1, 0.15) is 5.82 Å². The van der Waals surface area contributed by atoms with Crippen LogP contribution in [0.2, 0.25) is 0 Å². The molecule has 0 unspecified atom stereocenters. The Morgan fingerprint density at radius 3 is 2.64 bits per heavy atom. The van der Waals surface area contributed by atoms with E-state index in [0.717, 1.165) is 24.8 Å². The van der Waals surface area contributed by atoms with Gasteiger partial charge in [0.15, 0.2) is 0 Å². The number of nitrogens with one attached hydrogen (secondary N) is 1. The van der Waals surface area contributed by atoms with Crippen molar-refractivity contribution in [2.24, 2.45) is 5.73 Å². The molecule has 0 saturated carbocycles. The predicted octanol–water partition coefficient (Wildman–Crippen LogP) is 3.23. The third-order valence-corrected chi connectivity index (χ3v) is 4.68. The Morgan fingerprint density at radius 1 is 1.21 bits per heavy atom. The predicted molar refractivity (Wildman–Crippen MR) is 104 cm³/mol. The van der Waals surface area contributed by atoms with Gasteiger partial charge in [-0.05, 0) is 18.2 Å². The highest BCUT2D eigenvalue weighted by Gasteiger charge is 2.17. The number of anilines is 2.